The fourth-order valence-corrected chi connectivity index (χ4v) is 2.33. The predicted octanol–water partition coefficient (Wildman–Crippen LogP) is 0.115. The largest absolute Gasteiger partial charge is 0.381 e. The highest BCUT2D eigenvalue weighted by Crippen LogP contribution is 2.22. The third-order valence-corrected chi connectivity index (χ3v) is 3.07. The Morgan fingerprint density at radius 1 is 1.08 bits per heavy atom. The first-order chi connectivity index (χ1) is 5.90. The fourth-order valence-electron chi connectivity index (χ4n) is 2.33. The second kappa shape index (κ2) is 3.73. The highest BCUT2D eigenvalue weighted by molar-refractivity contribution is 4.92. The molecule has 0 bridgehead atoms. The van der Waals surface area contributed by atoms with Gasteiger partial charge in [0.25, 0.3) is 0 Å². The first-order valence-corrected chi connectivity index (χ1v) is 4.89. The van der Waals surface area contributed by atoms with Gasteiger partial charge in [0.1, 0.15) is 0 Å². The summed E-state index contributed by atoms with van der Waals surface area (Å²) in [5.41, 5.74) is 0. The molecule has 0 amide bonds. The van der Waals surface area contributed by atoms with Crippen molar-refractivity contribution in [3.05, 3.63) is 0 Å². The first kappa shape index (κ1) is 8.48. The molecule has 2 fully saturated rings. The summed E-state index contributed by atoms with van der Waals surface area (Å²) in [6.07, 6.45) is 4.13. The number of piperazine rings is 1. The van der Waals surface area contributed by atoms with E-state index in [1.807, 2.05) is 7.11 Å². The zero-order valence-corrected chi connectivity index (χ0v) is 7.68. The lowest BCUT2D eigenvalue weighted by molar-refractivity contribution is 0.0432. The van der Waals surface area contributed by atoms with Gasteiger partial charge in [0.15, 0.2) is 0 Å². The van der Waals surface area contributed by atoms with E-state index in [0.29, 0.717) is 18.2 Å². The zero-order chi connectivity index (χ0) is 8.39. The predicted molar refractivity (Wildman–Crippen MR) is 48.2 cm³/mol. The Kier molecular flexibility index (Phi) is 2.63. The molecule has 3 heteroatoms. The number of fused-ring (bicyclic) bond motifs is 1. The zero-order valence-electron chi connectivity index (χ0n) is 7.68. The second-order valence-corrected chi connectivity index (χ2v) is 3.79. The topological polar surface area (TPSA) is 33.3 Å². The number of methoxy groups -OCH3 is 1. The van der Waals surface area contributed by atoms with Crippen molar-refractivity contribution in [2.45, 2.75) is 37.5 Å². The van der Waals surface area contributed by atoms with Gasteiger partial charge in [-0.1, -0.05) is 0 Å². The van der Waals surface area contributed by atoms with Crippen molar-refractivity contribution in [2.75, 3.05) is 20.2 Å². The van der Waals surface area contributed by atoms with E-state index in [1.54, 1.807) is 0 Å². The molecular formula is C9H18N2O. The van der Waals surface area contributed by atoms with E-state index in [1.165, 1.54) is 19.3 Å². The Labute approximate surface area is 73.9 Å². The van der Waals surface area contributed by atoms with E-state index < -0.39 is 0 Å². The standard InChI is InChI=1S/C9H18N2O/c1-12-7-2-3-8-9(6-7)11-5-4-10-8/h7-11H,2-6H2,1H3/t7-,8-,9+/m0/s1. The molecule has 1 saturated heterocycles. The molecule has 0 aromatic carbocycles. The fraction of sp³-hybridized carbons (Fsp3) is 1.00. The highest BCUT2D eigenvalue weighted by atomic mass is 16.5. The molecule has 1 aliphatic heterocycles. The molecule has 0 aromatic rings. The molecule has 0 spiro atoms. The van der Waals surface area contributed by atoms with Gasteiger partial charge in [0.05, 0.1) is 6.10 Å². The van der Waals surface area contributed by atoms with Crippen LogP contribution in [0.4, 0.5) is 0 Å². The van der Waals surface area contributed by atoms with Crippen LogP contribution in [0.2, 0.25) is 0 Å². The molecule has 2 N–H and O–H groups in total. The molecule has 0 radical (unpaired) electrons. The van der Waals surface area contributed by atoms with Gasteiger partial charge in [0.2, 0.25) is 0 Å². The van der Waals surface area contributed by atoms with Crippen molar-refractivity contribution in [1.82, 2.24) is 10.6 Å². The SMILES string of the molecule is CO[C@H]1CC[C@@H]2NCCN[C@@H]2C1. The van der Waals surface area contributed by atoms with Crippen molar-refractivity contribution in [3.8, 4) is 0 Å². The number of ether oxygens (including phenoxy) is 1. The lowest BCUT2D eigenvalue weighted by atomic mass is 9.87. The van der Waals surface area contributed by atoms with E-state index in [2.05, 4.69) is 10.6 Å². The first-order valence-electron chi connectivity index (χ1n) is 4.89. The maximum absolute atomic E-state index is 5.37. The molecule has 0 aromatic heterocycles. The van der Waals surface area contributed by atoms with Crippen molar-refractivity contribution in [1.29, 1.82) is 0 Å². The van der Waals surface area contributed by atoms with Crippen LogP contribution in [-0.4, -0.2) is 38.4 Å². The molecule has 12 heavy (non-hydrogen) atoms. The van der Waals surface area contributed by atoms with Crippen LogP contribution in [0.3, 0.4) is 0 Å². The van der Waals surface area contributed by atoms with Gasteiger partial charge in [-0.25, -0.2) is 0 Å². The number of rotatable bonds is 1. The van der Waals surface area contributed by atoms with Gasteiger partial charge in [-0.15, -0.1) is 0 Å². The van der Waals surface area contributed by atoms with Crippen LogP contribution in [0.5, 0.6) is 0 Å². The Hall–Kier alpha value is -0.120. The highest BCUT2D eigenvalue weighted by Gasteiger charge is 2.31. The summed E-state index contributed by atoms with van der Waals surface area (Å²) in [7, 11) is 1.82. The van der Waals surface area contributed by atoms with Crippen LogP contribution in [0.25, 0.3) is 0 Å². The smallest absolute Gasteiger partial charge is 0.0587 e. The number of hydrogen-bond donors (Lipinski definition) is 2. The normalized spacial score (nSPS) is 42.2. The second-order valence-electron chi connectivity index (χ2n) is 3.79. The molecule has 1 saturated carbocycles. The van der Waals surface area contributed by atoms with Crippen LogP contribution < -0.4 is 10.6 Å². The van der Waals surface area contributed by atoms with Crippen LogP contribution in [0.15, 0.2) is 0 Å². The van der Waals surface area contributed by atoms with Crippen LogP contribution in [-0.2, 0) is 4.74 Å². The van der Waals surface area contributed by atoms with Gasteiger partial charge in [-0.3, -0.25) is 0 Å². The van der Waals surface area contributed by atoms with E-state index in [4.69, 9.17) is 4.74 Å². The van der Waals surface area contributed by atoms with E-state index in [-0.39, 0.29) is 0 Å². The van der Waals surface area contributed by atoms with Crippen LogP contribution >= 0.6 is 0 Å². The lowest BCUT2D eigenvalue weighted by Gasteiger charge is -2.40. The summed E-state index contributed by atoms with van der Waals surface area (Å²) in [4.78, 5) is 0. The molecule has 1 heterocycles. The van der Waals surface area contributed by atoms with Crippen LogP contribution in [0.1, 0.15) is 19.3 Å². The molecule has 2 aliphatic rings. The lowest BCUT2D eigenvalue weighted by Crippen LogP contribution is -2.59. The van der Waals surface area contributed by atoms with Gasteiger partial charge in [-0.2, -0.15) is 0 Å². The summed E-state index contributed by atoms with van der Waals surface area (Å²) < 4.78 is 5.37. The van der Waals surface area contributed by atoms with Crippen LogP contribution in [0, 0.1) is 0 Å². The minimum atomic E-state index is 0.485. The van der Waals surface area contributed by atoms with Crippen molar-refractivity contribution in [2.24, 2.45) is 0 Å². The Morgan fingerprint density at radius 2 is 1.83 bits per heavy atom. The molecule has 0 unspecified atom stereocenters. The molecule has 3 nitrogen and oxygen atoms in total. The van der Waals surface area contributed by atoms with Crippen molar-refractivity contribution < 1.29 is 4.74 Å². The third-order valence-electron chi connectivity index (χ3n) is 3.07. The van der Waals surface area contributed by atoms with Crippen molar-refractivity contribution >= 4 is 0 Å². The molecule has 2 rings (SSSR count). The minimum absolute atomic E-state index is 0.485. The minimum Gasteiger partial charge on any atom is -0.381 e. The number of nitrogens with one attached hydrogen (secondary N) is 2. The Balaban J connectivity index is 1.90. The maximum atomic E-state index is 5.37. The Bertz CT molecular complexity index is 151. The molecular weight excluding hydrogens is 152 g/mol. The number of hydrogen-bond acceptors (Lipinski definition) is 3. The summed E-state index contributed by atoms with van der Waals surface area (Å²) in [6.45, 7) is 2.23. The van der Waals surface area contributed by atoms with Gasteiger partial charge in [-0.05, 0) is 19.3 Å². The molecule has 70 valence electrons. The molecule has 1 aliphatic carbocycles. The quantitative estimate of drug-likeness (QED) is 0.586. The summed E-state index contributed by atoms with van der Waals surface area (Å²) in [5, 5.41) is 7.09. The monoisotopic (exact) mass is 170 g/mol. The van der Waals surface area contributed by atoms with Gasteiger partial charge >= 0.3 is 0 Å². The third kappa shape index (κ3) is 1.63. The van der Waals surface area contributed by atoms with E-state index in [0.717, 1.165) is 13.1 Å². The van der Waals surface area contributed by atoms with Gasteiger partial charge in [0, 0.05) is 32.3 Å². The maximum Gasteiger partial charge on any atom is 0.0587 e. The Morgan fingerprint density at radius 3 is 2.58 bits per heavy atom. The van der Waals surface area contributed by atoms with E-state index >= 15 is 0 Å². The summed E-state index contributed by atoms with van der Waals surface area (Å²) in [6, 6.07) is 1.35. The van der Waals surface area contributed by atoms with Crippen molar-refractivity contribution in [3.63, 3.8) is 0 Å². The summed E-state index contributed by atoms with van der Waals surface area (Å²) in [5.74, 6) is 0. The molecule has 3 atom stereocenters. The summed E-state index contributed by atoms with van der Waals surface area (Å²) >= 11 is 0. The van der Waals surface area contributed by atoms with E-state index in [9.17, 15) is 0 Å². The van der Waals surface area contributed by atoms with Gasteiger partial charge < -0.3 is 15.4 Å². The average molecular weight is 170 g/mol. The average Bonchev–Trinajstić information content (AvgIpc) is 2.17.